The summed E-state index contributed by atoms with van der Waals surface area (Å²) in [7, 11) is -1.96. The molecule has 0 aromatic heterocycles. The monoisotopic (exact) mass is 381 g/mol. The maximum absolute atomic E-state index is 12.5. The van der Waals surface area contributed by atoms with Crippen LogP contribution in [-0.4, -0.2) is 63.9 Å². The molecule has 1 aromatic carbocycles. The van der Waals surface area contributed by atoms with Crippen molar-refractivity contribution < 1.29 is 13.2 Å². The van der Waals surface area contributed by atoms with Crippen molar-refractivity contribution in [3.63, 3.8) is 0 Å². The number of nitrogens with zero attached hydrogens (tertiary/aromatic N) is 2. The van der Waals surface area contributed by atoms with Crippen LogP contribution in [0.3, 0.4) is 0 Å². The SMILES string of the molecule is Cc1ccc(S(=O)(=O)NCC(=O)N(C)C[C@H](C)CN2CCCC2)c(C)c1. The summed E-state index contributed by atoms with van der Waals surface area (Å²) in [4.78, 5) is 16.6. The van der Waals surface area contributed by atoms with E-state index in [1.807, 2.05) is 13.0 Å². The quantitative estimate of drug-likeness (QED) is 0.745. The Labute approximate surface area is 157 Å². The lowest BCUT2D eigenvalue weighted by Crippen LogP contribution is -2.41. The molecule has 1 amide bonds. The van der Waals surface area contributed by atoms with E-state index in [2.05, 4.69) is 16.5 Å². The van der Waals surface area contributed by atoms with Crippen molar-refractivity contribution in [2.45, 2.75) is 38.5 Å². The first kappa shape index (κ1) is 20.9. The average Bonchev–Trinajstić information content (AvgIpc) is 3.04. The van der Waals surface area contributed by atoms with Crippen LogP contribution in [0.1, 0.15) is 30.9 Å². The van der Waals surface area contributed by atoms with Gasteiger partial charge in [-0.2, -0.15) is 0 Å². The van der Waals surface area contributed by atoms with Crippen molar-refractivity contribution in [2.24, 2.45) is 5.92 Å². The van der Waals surface area contributed by atoms with E-state index in [4.69, 9.17) is 0 Å². The molecule has 1 saturated heterocycles. The zero-order chi connectivity index (χ0) is 19.3. The molecule has 1 aliphatic rings. The molecule has 1 heterocycles. The topological polar surface area (TPSA) is 69.7 Å². The van der Waals surface area contributed by atoms with Gasteiger partial charge in [0.05, 0.1) is 11.4 Å². The van der Waals surface area contributed by atoms with Crippen molar-refractivity contribution in [1.82, 2.24) is 14.5 Å². The summed E-state index contributed by atoms with van der Waals surface area (Å²) in [6.07, 6.45) is 2.50. The van der Waals surface area contributed by atoms with Gasteiger partial charge in [0.2, 0.25) is 15.9 Å². The van der Waals surface area contributed by atoms with Crippen molar-refractivity contribution in [3.05, 3.63) is 29.3 Å². The maximum Gasteiger partial charge on any atom is 0.241 e. The molecule has 146 valence electrons. The Bertz CT molecular complexity index is 728. The second kappa shape index (κ2) is 8.97. The molecule has 0 aliphatic carbocycles. The van der Waals surface area contributed by atoms with E-state index in [0.29, 0.717) is 18.0 Å². The number of sulfonamides is 1. The van der Waals surface area contributed by atoms with E-state index < -0.39 is 10.0 Å². The second-order valence-electron chi connectivity index (χ2n) is 7.48. The summed E-state index contributed by atoms with van der Waals surface area (Å²) in [5, 5.41) is 0. The lowest BCUT2D eigenvalue weighted by Gasteiger charge is -2.25. The van der Waals surface area contributed by atoms with E-state index in [9.17, 15) is 13.2 Å². The Morgan fingerprint density at radius 3 is 2.54 bits per heavy atom. The highest BCUT2D eigenvalue weighted by atomic mass is 32.2. The fraction of sp³-hybridized carbons (Fsp3) is 0.632. The Balaban J connectivity index is 1.86. The van der Waals surface area contributed by atoms with Crippen LogP contribution in [0.4, 0.5) is 0 Å². The molecule has 0 spiro atoms. The highest BCUT2D eigenvalue weighted by molar-refractivity contribution is 7.89. The molecule has 1 N–H and O–H groups in total. The highest BCUT2D eigenvalue weighted by Crippen LogP contribution is 2.16. The van der Waals surface area contributed by atoms with E-state index in [0.717, 1.165) is 25.2 Å². The van der Waals surface area contributed by atoms with Crippen LogP contribution in [0, 0.1) is 19.8 Å². The van der Waals surface area contributed by atoms with E-state index in [1.54, 1.807) is 31.0 Å². The van der Waals surface area contributed by atoms with Gasteiger partial charge in [0.1, 0.15) is 0 Å². The van der Waals surface area contributed by atoms with E-state index in [1.165, 1.54) is 12.8 Å². The summed E-state index contributed by atoms with van der Waals surface area (Å²) in [5.74, 6) is 0.143. The van der Waals surface area contributed by atoms with Gasteiger partial charge in [0.25, 0.3) is 0 Å². The smallest absolute Gasteiger partial charge is 0.241 e. The summed E-state index contributed by atoms with van der Waals surface area (Å²) < 4.78 is 27.3. The number of carbonyl (C=O) groups is 1. The molecule has 1 aromatic rings. The molecule has 0 radical (unpaired) electrons. The van der Waals surface area contributed by atoms with Crippen LogP contribution >= 0.6 is 0 Å². The Morgan fingerprint density at radius 1 is 1.27 bits per heavy atom. The van der Waals surface area contributed by atoms with Crippen molar-refractivity contribution in [3.8, 4) is 0 Å². The van der Waals surface area contributed by atoms with Crippen LogP contribution in [0.15, 0.2) is 23.1 Å². The first-order valence-electron chi connectivity index (χ1n) is 9.22. The molecule has 2 rings (SSSR count). The predicted octanol–water partition coefficient (Wildman–Crippen LogP) is 1.77. The van der Waals surface area contributed by atoms with Crippen LogP contribution in [0.25, 0.3) is 0 Å². The minimum Gasteiger partial charge on any atom is -0.344 e. The van der Waals surface area contributed by atoms with E-state index >= 15 is 0 Å². The third-order valence-corrected chi connectivity index (χ3v) is 6.37. The number of likely N-dealkylation sites (tertiary alicyclic amines) is 1. The molecule has 1 atom stereocenters. The molecule has 0 bridgehead atoms. The molecule has 0 unspecified atom stereocenters. The molecule has 1 fully saturated rings. The predicted molar refractivity (Wildman–Crippen MR) is 104 cm³/mol. The summed E-state index contributed by atoms with van der Waals surface area (Å²) in [6, 6.07) is 5.16. The molecule has 0 saturated carbocycles. The van der Waals surface area contributed by atoms with Gasteiger partial charge in [-0.15, -0.1) is 0 Å². The van der Waals surface area contributed by atoms with Gasteiger partial charge in [-0.05, 0) is 57.3 Å². The number of nitrogens with one attached hydrogen (secondary N) is 1. The van der Waals surface area contributed by atoms with Crippen molar-refractivity contribution in [2.75, 3.05) is 39.8 Å². The average molecular weight is 382 g/mol. The number of likely N-dealkylation sites (N-methyl/N-ethyl adjacent to an activating group) is 1. The van der Waals surface area contributed by atoms with Gasteiger partial charge < -0.3 is 9.80 Å². The van der Waals surface area contributed by atoms with Crippen LogP contribution < -0.4 is 4.72 Å². The minimum absolute atomic E-state index is 0.216. The molecular formula is C19H31N3O3S. The Hall–Kier alpha value is -1.44. The van der Waals surface area contributed by atoms with Gasteiger partial charge in [0.15, 0.2) is 0 Å². The van der Waals surface area contributed by atoms with Crippen molar-refractivity contribution >= 4 is 15.9 Å². The van der Waals surface area contributed by atoms with Gasteiger partial charge in [-0.25, -0.2) is 13.1 Å². The number of hydrogen-bond acceptors (Lipinski definition) is 4. The van der Waals surface area contributed by atoms with Crippen LogP contribution in [0.2, 0.25) is 0 Å². The lowest BCUT2D eigenvalue weighted by atomic mass is 10.1. The second-order valence-corrected chi connectivity index (χ2v) is 9.22. The summed E-state index contributed by atoms with van der Waals surface area (Å²) >= 11 is 0. The number of carbonyl (C=O) groups excluding carboxylic acids is 1. The molecular weight excluding hydrogens is 350 g/mol. The summed E-state index contributed by atoms with van der Waals surface area (Å²) in [6.45, 7) is 9.46. The first-order valence-corrected chi connectivity index (χ1v) is 10.7. The highest BCUT2D eigenvalue weighted by Gasteiger charge is 2.21. The molecule has 6 nitrogen and oxygen atoms in total. The van der Waals surface area contributed by atoms with Gasteiger partial charge in [-0.1, -0.05) is 24.6 Å². The number of aryl methyl sites for hydroxylation is 2. The number of benzene rings is 1. The maximum atomic E-state index is 12.5. The third kappa shape index (κ3) is 5.79. The van der Waals surface area contributed by atoms with Crippen LogP contribution in [0.5, 0.6) is 0 Å². The zero-order valence-electron chi connectivity index (χ0n) is 16.3. The Morgan fingerprint density at radius 2 is 1.92 bits per heavy atom. The van der Waals surface area contributed by atoms with Gasteiger partial charge in [0, 0.05) is 20.1 Å². The largest absolute Gasteiger partial charge is 0.344 e. The molecule has 26 heavy (non-hydrogen) atoms. The Kier molecular flexibility index (Phi) is 7.20. The fourth-order valence-corrected chi connectivity index (χ4v) is 4.70. The van der Waals surface area contributed by atoms with Crippen LogP contribution in [-0.2, 0) is 14.8 Å². The first-order chi connectivity index (χ1) is 12.2. The van der Waals surface area contributed by atoms with E-state index in [-0.39, 0.29) is 17.3 Å². The fourth-order valence-electron chi connectivity index (χ4n) is 3.50. The van der Waals surface area contributed by atoms with Gasteiger partial charge >= 0.3 is 0 Å². The standard InChI is InChI=1S/C19H31N3O3S/c1-15-7-8-18(17(3)11-15)26(24,25)20-12-19(23)21(4)13-16(2)14-22-9-5-6-10-22/h7-8,11,16,20H,5-6,9-10,12-14H2,1-4H3/t16-/m0/s1. The number of hydrogen-bond donors (Lipinski definition) is 1. The lowest BCUT2D eigenvalue weighted by molar-refractivity contribution is -0.129. The zero-order valence-corrected chi connectivity index (χ0v) is 17.1. The normalized spacial score (nSPS) is 16.6. The van der Waals surface area contributed by atoms with Gasteiger partial charge in [-0.3, -0.25) is 4.79 Å². The molecule has 1 aliphatic heterocycles. The van der Waals surface area contributed by atoms with Crippen molar-refractivity contribution in [1.29, 1.82) is 0 Å². The summed E-state index contributed by atoms with van der Waals surface area (Å²) in [5.41, 5.74) is 1.68. The minimum atomic E-state index is -3.69. The third-order valence-electron chi connectivity index (χ3n) is 4.81. The number of amides is 1. The molecule has 7 heteroatoms. The number of rotatable bonds is 8.